The Morgan fingerprint density at radius 1 is 1.10 bits per heavy atom. The lowest BCUT2D eigenvalue weighted by Crippen LogP contribution is -2.13. The number of halogens is 1. The van der Waals surface area contributed by atoms with Crippen LogP contribution in [-0.4, -0.2) is 10.9 Å². The number of aromatic amines is 1. The van der Waals surface area contributed by atoms with E-state index < -0.39 is 0 Å². The van der Waals surface area contributed by atoms with Crippen molar-refractivity contribution in [3.05, 3.63) is 63.8 Å². The molecule has 2 N–H and O–H groups in total. The van der Waals surface area contributed by atoms with E-state index in [2.05, 4.69) is 26.2 Å². The molecule has 3 aromatic rings. The number of aromatic nitrogens is 1. The summed E-state index contributed by atoms with van der Waals surface area (Å²) in [6, 6.07) is 13.8. The predicted octanol–water partition coefficient (Wildman–Crippen LogP) is 4.80. The van der Waals surface area contributed by atoms with Crippen molar-refractivity contribution >= 4 is 38.4 Å². The van der Waals surface area contributed by atoms with E-state index in [1.54, 1.807) is 0 Å². The van der Waals surface area contributed by atoms with E-state index in [0.29, 0.717) is 5.69 Å². The summed E-state index contributed by atoms with van der Waals surface area (Å²) < 4.78 is 0.999. The van der Waals surface area contributed by atoms with Gasteiger partial charge in [0.1, 0.15) is 5.69 Å². The van der Waals surface area contributed by atoms with E-state index in [9.17, 15) is 4.79 Å². The van der Waals surface area contributed by atoms with Gasteiger partial charge in [-0.15, -0.1) is 0 Å². The maximum atomic E-state index is 12.4. The number of H-pyrrole nitrogens is 1. The van der Waals surface area contributed by atoms with Crippen LogP contribution in [0.5, 0.6) is 0 Å². The van der Waals surface area contributed by atoms with Gasteiger partial charge in [0.2, 0.25) is 0 Å². The van der Waals surface area contributed by atoms with Gasteiger partial charge in [0.15, 0.2) is 0 Å². The molecule has 1 heterocycles. The van der Waals surface area contributed by atoms with E-state index in [4.69, 9.17) is 0 Å². The van der Waals surface area contributed by atoms with Gasteiger partial charge in [-0.3, -0.25) is 4.79 Å². The Bertz CT molecular complexity index is 836. The largest absolute Gasteiger partial charge is 0.351 e. The molecular formula is C17H15BrN2O. The average molecular weight is 343 g/mol. The summed E-state index contributed by atoms with van der Waals surface area (Å²) in [5.41, 5.74) is 4.55. The normalized spacial score (nSPS) is 10.8. The van der Waals surface area contributed by atoms with Gasteiger partial charge in [0.25, 0.3) is 5.91 Å². The average Bonchev–Trinajstić information content (AvgIpc) is 2.85. The third-order valence-electron chi connectivity index (χ3n) is 3.46. The molecule has 0 saturated carbocycles. The fourth-order valence-corrected chi connectivity index (χ4v) is 2.80. The van der Waals surface area contributed by atoms with Gasteiger partial charge >= 0.3 is 0 Å². The first kappa shape index (κ1) is 13.9. The van der Waals surface area contributed by atoms with Crippen LogP contribution in [0.2, 0.25) is 0 Å². The fraction of sp³-hybridized carbons (Fsp3) is 0.118. The van der Waals surface area contributed by atoms with E-state index in [-0.39, 0.29) is 5.91 Å². The minimum atomic E-state index is -0.130. The zero-order valence-corrected chi connectivity index (χ0v) is 13.4. The van der Waals surface area contributed by atoms with Crippen LogP contribution in [0.3, 0.4) is 0 Å². The number of benzene rings is 2. The first-order valence-electron chi connectivity index (χ1n) is 6.70. The summed E-state index contributed by atoms with van der Waals surface area (Å²) in [6.45, 7) is 4.00. The minimum Gasteiger partial charge on any atom is -0.351 e. The third kappa shape index (κ3) is 2.85. The van der Waals surface area contributed by atoms with Gasteiger partial charge in [-0.05, 0) is 55.3 Å². The van der Waals surface area contributed by atoms with Gasteiger partial charge in [0.05, 0.1) is 0 Å². The summed E-state index contributed by atoms with van der Waals surface area (Å²) in [7, 11) is 0. The quantitative estimate of drug-likeness (QED) is 0.690. The van der Waals surface area contributed by atoms with Gasteiger partial charge < -0.3 is 10.3 Å². The molecule has 0 fully saturated rings. The topological polar surface area (TPSA) is 44.9 Å². The number of rotatable bonds is 2. The lowest BCUT2D eigenvalue weighted by molar-refractivity contribution is 0.102. The van der Waals surface area contributed by atoms with Crippen LogP contribution < -0.4 is 5.32 Å². The third-order valence-corrected chi connectivity index (χ3v) is 3.95. The summed E-state index contributed by atoms with van der Waals surface area (Å²) in [5.74, 6) is -0.130. The Hall–Kier alpha value is -2.07. The molecule has 0 aliphatic rings. The molecule has 0 unspecified atom stereocenters. The molecule has 0 aliphatic carbocycles. The molecule has 0 aliphatic heterocycles. The Kier molecular flexibility index (Phi) is 3.55. The maximum Gasteiger partial charge on any atom is 0.272 e. The van der Waals surface area contributed by atoms with Crippen LogP contribution in [-0.2, 0) is 0 Å². The van der Waals surface area contributed by atoms with Crippen LogP contribution in [0.25, 0.3) is 10.9 Å². The number of anilines is 1. The number of hydrogen-bond donors (Lipinski definition) is 2. The number of aryl methyl sites for hydroxylation is 2. The standard InChI is InChI=1S/C17H15BrN2O/c1-10-3-4-12-9-16(19-15(12)7-10)17(21)20-14-6-5-13(18)8-11(14)2/h3-9,19H,1-2H3,(H,20,21). The number of carbonyl (C=O) groups excluding carboxylic acids is 1. The molecule has 0 spiro atoms. The lowest BCUT2D eigenvalue weighted by Gasteiger charge is -2.07. The second-order valence-corrected chi connectivity index (χ2v) is 6.10. The summed E-state index contributed by atoms with van der Waals surface area (Å²) in [5, 5.41) is 3.98. The van der Waals surface area contributed by atoms with E-state index in [0.717, 1.165) is 26.6 Å². The van der Waals surface area contributed by atoms with Gasteiger partial charge in [-0.1, -0.05) is 28.1 Å². The molecule has 106 valence electrons. The van der Waals surface area contributed by atoms with Crippen molar-refractivity contribution in [2.75, 3.05) is 5.32 Å². The van der Waals surface area contributed by atoms with Gasteiger partial charge in [0, 0.05) is 21.1 Å². The molecule has 1 aromatic heterocycles. The van der Waals surface area contributed by atoms with Gasteiger partial charge in [-0.2, -0.15) is 0 Å². The number of hydrogen-bond acceptors (Lipinski definition) is 1. The second-order valence-electron chi connectivity index (χ2n) is 5.19. The number of nitrogens with one attached hydrogen (secondary N) is 2. The molecular weight excluding hydrogens is 328 g/mol. The summed E-state index contributed by atoms with van der Waals surface area (Å²) in [6.07, 6.45) is 0. The first-order valence-corrected chi connectivity index (χ1v) is 7.49. The number of amides is 1. The Morgan fingerprint density at radius 3 is 2.67 bits per heavy atom. The van der Waals surface area contributed by atoms with Crippen LogP contribution in [0.15, 0.2) is 46.9 Å². The first-order chi connectivity index (χ1) is 10.0. The molecule has 0 bridgehead atoms. The molecule has 0 saturated heterocycles. The van der Waals surface area contributed by atoms with Crippen molar-refractivity contribution in [2.24, 2.45) is 0 Å². The van der Waals surface area contributed by atoms with Crippen molar-refractivity contribution in [3.63, 3.8) is 0 Å². The fourth-order valence-electron chi connectivity index (χ4n) is 2.32. The van der Waals surface area contributed by atoms with E-state index >= 15 is 0 Å². The molecule has 3 rings (SSSR count). The van der Waals surface area contributed by atoms with Crippen LogP contribution in [0.1, 0.15) is 21.6 Å². The maximum absolute atomic E-state index is 12.4. The summed E-state index contributed by atoms with van der Waals surface area (Å²) in [4.78, 5) is 15.5. The highest BCUT2D eigenvalue weighted by molar-refractivity contribution is 9.10. The molecule has 3 nitrogen and oxygen atoms in total. The SMILES string of the molecule is Cc1ccc2cc(C(=O)Nc3ccc(Br)cc3C)[nH]c2c1. The highest BCUT2D eigenvalue weighted by atomic mass is 79.9. The van der Waals surface area contributed by atoms with Crippen molar-refractivity contribution in [2.45, 2.75) is 13.8 Å². The Balaban J connectivity index is 1.89. The van der Waals surface area contributed by atoms with Crippen molar-refractivity contribution in [3.8, 4) is 0 Å². The zero-order valence-electron chi connectivity index (χ0n) is 11.8. The summed E-state index contributed by atoms with van der Waals surface area (Å²) >= 11 is 3.42. The number of carbonyl (C=O) groups is 1. The van der Waals surface area contributed by atoms with E-state index in [1.165, 1.54) is 5.56 Å². The van der Waals surface area contributed by atoms with Crippen molar-refractivity contribution in [1.29, 1.82) is 0 Å². The zero-order chi connectivity index (χ0) is 15.0. The molecule has 2 aromatic carbocycles. The van der Waals surface area contributed by atoms with Crippen LogP contribution in [0.4, 0.5) is 5.69 Å². The molecule has 0 atom stereocenters. The highest BCUT2D eigenvalue weighted by Gasteiger charge is 2.11. The Labute approximate surface area is 131 Å². The number of fused-ring (bicyclic) bond motifs is 1. The minimum absolute atomic E-state index is 0.130. The molecule has 4 heteroatoms. The Morgan fingerprint density at radius 2 is 1.90 bits per heavy atom. The van der Waals surface area contributed by atoms with Crippen molar-refractivity contribution < 1.29 is 4.79 Å². The monoisotopic (exact) mass is 342 g/mol. The second kappa shape index (κ2) is 5.37. The lowest BCUT2D eigenvalue weighted by atomic mass is 10.2. The predicted molar refractivity (Wildman–Crippen MR) is 89.9 cm³/mol. The smallest absolute Gasteiger partial charge is 0.272 e. The molecule has 1 amide bonds. The highest BCUT2D eigenvalue weighted by Crippen LogP contribution is 2.22. The van der Waals surface area contributed by atoms with Crippen molar-refractivity contribution in [1.82, 2.24) is 4.98 Å². The molecule has 0 radical (unpaired) electrons. The van der Waals surface area contributed by atoms with E-state index in [1.807, 2.05) is 56.3 Å². The molecule has 21 heavy (non-hydrogen) atoms. The van der Waals surface area contributed by atoms with Crippen LogP contribution in [0, 0.1) is 13.8 Å². The van der Waals surface area contributed by atoms with Crippen LogP contribution >= 0.6 is 15.9 Å². The van der Waals surface area contributed by atoms with Gasteiger partial charge in [-0.25, -0.2) is 0 Å².